The van der Waals surface area contributed by atoms with E-state index in [0.29, 0.717) is 29.8 Å². The second-order valence-corrected chi connectivity index (χ2v) is 3.62. The number of oxazole rings is 1. The van der Waals surface area contributed by atoms with E-state index in [1.807, 2.05) is 0 Å². The van der Waals surface area contributed by atoms with Gasteiger partial charge in [-0.2, -0.15) is 0 Å². The lowest BCUT2D eigenvalue weighted by molar-refractivity contribution is -0.118. The van der Waals surface area contributed by atoms with Crippen LogP contribution in [0.3, 0.4) is 0 Å². The van der Waals surface area contributed by atoms with Gasteiger partial charge in [0.15, 0.2) is 11.2 Å². The van der Waals surface area contributed by atoms with Gasteiger partial charge in [-0.05, 0) is 0 Å². The summed E-state index contributed by atoms with van der Waals surface area (Å²) in [6.07, 6.45) is 2.11. The molecule has 1 amide bonds. The highest BCUT2D eigenvalue weighted by atomic mass is 16.4. The van der Waals surface area contributed by atoms with E-state index in [1.165, 1.54) is 6.92 Å². The number of fused-ring (bicyclic) bond motifs is 1. The van der Waals surface area contributed by atoms with Crippen molar-refractivity contribution >= 4 is 17.1 Å². The number of aromatic amines is 1. The second-order valence-electron chi connectivity index (χ2n) is 3.62. The number of hydrogen-bond acceptors (Lipinski definition) is 4. The third kappa shape index (κ3) is 2.98. The van der Waals surface area contributed by atoms with Crippen LogP contribution >= 0.6 is 0 Å². The number of carbonyl (C=O) groups excluding carboxylic acids is 1. The Hall–Kier alpha value is -2.55. The van der Waals surface area contributed by atoms with Crippen LogP contribution in [0.5, 0.6) is 0 Å². The predicted octanol–water partition coefficient (Wildman–Crippen LogP) is 0.394. The number of H-pyrrole nitrogens is 1. The average molecular weight is 245 g/mol. The Morgan fingerprint density at radius 1 is 1.61 bits per heavy atom. The van der Waals surface area contributed by atoms with Crippen LogP contribution in [0.1, 0.15) is 18.9 Å². The fraction of sp³-hybridized carbons (Fsp3) is 0.250. The first-order valence-corrected chi connectivity index (χ1v) is 5.37. The molecule has 92 valence electrons. The largest absolute Gasteiger partial charge is 0.418 e. The SMILES string of the molecule is CC(=O)NCCC#Cc1cnc2[nH]c(=O)oc2c1. The van der Waals surface area contributed by atoms with Crippen LogP contribution in [0.4, 0.5) is 0 Å². The van der Waals surface area contributed by atoms with Crippen molar-refractivity contribution in [1.29, 1.82) is 0 Å². The molecule has 2 rings (SSSR count). The van der Waals surface area contributed by atoms with Gasteiger partial charge in [0.05, 0.1) is 0 Å². The molecule has 0 aliphatic carbocycles. The maximum atomic E-state index is 10.9. The van der Waals surface area contributed by atoms with Gasteiger partial charge in [-0.15, -0.1) is 0 Å². The lowest BCUT2D eigenvalue weighted by Crippen LogP contribution is -2.20. The maximum absolute atomic E-state index is 10.9. The lowest BCUT2D eigenvalue weighted by atomic mass is 10.2. The molecule has 6 nitrogen and oxygen atoms in total. The van der Waals surface area contributed by atoms with Crippen molar-refractivity contribution in [1.82, 2.24) is 15.3 Å². The zero-order valence-electron chi connectivity index (χ0n) is 9.74. The van der Waals surface area contributed by atoms with Gasteiger partial charge >= 0.3 is 5.76 Å². The van der Waals surface area contributed by atoms with E-state index in [2.05, 4.69) is 27.1 Å². The van der Waals surface area contributed by atoms with Gasteiger partial charge in [0.2, 0.25) is 5.91 Å². The van der Waals surface area contributed by atoms with E-state index in [4.69, 9.17) is 4.42 Å². The molecule has 0 aliphatic heterocycles. The molecule has 0 spiro atoms. The Kier molecular flexibility index (Phi) is 3.44. The van der Waals surface area contributed by atoms with Gasteiger partial charge in [0.1, 0.15) is 0 Å². The molecule has 0 atom stereocenters. The Morgan fingerprint density at radius 3 is 3.22 bits per heavy atom. The normalized spacial score (nSPS) is 9.83. The standard InChI is InChI=1S/C12H11N3O3/c1-8(16)13-5-3-2-4-9-6-10-11(14-7-9)15-12(17)18-10/h6-7H,3,5H2,1H3,(H,13,16)(H,14,15,17). The number of carbonyl (C=O) groups is 1. The zero-order valence-corrected chi connectivity index (χ0v) is 9.74. The molecular formula is C12H11N3O3. The summed E-state index contributed by atoms with van der Waals surface area (Å²) in [5, 5.41) is 2.64. The first-order chi connectivity index (χ1) is 8.65. The third-order valence-electron chi connectivity index (χ3n) is 2.13. The first-order valence-electron chi connectivity index (χ1n) is 5.37. The summed E-state index contributed by atoms with van der Waals surface area (Å²) in [7, 11) is 0. The van der Waals surface area contributed by atoms with Crippen molar-refractivity contribution in [2.45, 2.75) is 13.3 Å². The summed E-state index contributed by atoms with van der Waals surface area (Å²) in [6.45, 7) is 1.97. The fourth-order valence-electron chi connectivity index (χ4n) is 1.37. The van der Waals surface area contributed by atoms with E-state index in [0.717, 1.165) is 0 Å². The van der Waals surface area contributed by atoms with Crippen LogP contribution in [0.15, 0.2) is 21.5 Å². The number of rotatable bonds is 2. The number of aromatic nitrogens is 2. The summed E-state index contributed by atoms with van der Waals surface area (Å²) in [4.78, 5) is 28.0. The number of amides is 1. The molecule has 0 aromatic carbocycles. The molecule has 2 N–H and O–H groups in total. The lowest BCUT2D eigenvalue weighted by Gasteiger charge is -1.94. The highest BCUT2D eigenvalue weighted by molar-refractivity contribution is 5.72. The first kappa shape index (κ1) is 11.9. The number of hydrogen-bond donors (Lipinski definition) is 2. The molecule has 0 bridgehead atoms. The van der Waals surface area contributed by atoms with Gasteiger partial charge in [-0.3, -0.25) is 9.78 Å². The van der Waals surface area contributed by atoms with Gasteiger partial charge < -0.3 is 9.73 Å². The highest BCUT2D eigenvalue weighted by Crippen LogP contribution is 2.07. The molecule has 18 heavy (non-hydrogen) atoms. The molecular weight excluding hydrogens is 234 g/mol. The third-order valence-corrected chi connectivity index (χ3v) is 2.13. The number of pyridine rings is 1. The molecule has 0 unspecified atom stereocenters. The van der Waals surface area contributed by atoms with Gasteiger partial charge in [0, 0.05) is 37.7 Å². The Morgan fingerprint density at radius 2 is 2.44 bits per heavy atom. The summed E-state index contributed by atoms with van der Waals surface area (Å²) in [5.41, 5.74) is 1.45. The van der Waals surface area contributed by atoms with Crippen molar-refractivity contribution in [2.24, 2.45) is 0 Å². The molecule has 2 aromatic heterocycles. The fourth-order valence-corrected chi connectivity index (χ4v) is 1.37. The highest BCUT2D eigenvalue weighted by Gasteiger charge is 2.01. The summed E-state index contributed by atoms with van der Waals surface area (Å²) in [5.74, 6) is 5.16. The molecule has 2 aromatic rings. The minimum Gasteiger partial charge on any atom is -0.406 e. The molecule has 2 heterocycles. The van der Waals surface area contributed by atoms with Crippen molar-refractivity contribution in [2.75, 3.05) is 6.54 Å². The average Bonchev–Trinajstić information content (AvgIpc) is 2.67. The molecule has 0 radical (unpaired) electrons. The van der Waals surface area contributed by atoms with E-state index < -0.39 is 5.76 Å². The van der Waals surface area contributed by atoms with Gasteiger partial charge in [-0.25, -0.2) is 9.78 Å². The second kappa shape index (κ2) is 5.19. The number of nitrogens with zero attached hydrogens (tertiary/aromatic N) is 1. The van der Waals surface area contributed by atoms with Crippen LogP contribution in [-0.4, -0.2) is 22.4 Å². The maximum Gasteiger partial charge on any atom is 0.418 e. The van der Waals surface area contributed by atoms with Crippen LogP contribution in [-0.2, 0) is 4.79 Å². The molecule has 0 aliphatic rings. The van der Waals surface area contributed by atoms with Crippen LogP contribution in [0.25, 0.3) is 11.2 Å². The number of nitrogens with one attached hydrogen (secondary N) is 2. The van der Waals surface area contributed by atoms with E-state index in [1.54, 1.807) is 12.3 Å². The molecule has 0 fully saturated rings. The van der Waals surface area contributed by atoms with Crippen LogP contribution < -0.4 is 11.1 Å². The van der Waals surface area contributed by atoms with E-state index in [-0.39, 0.29) is 5.91 Å². The quantitative estimate of drug-likeness (QED) is 0.592. The minimum absolute atomic E-state index is 0.0750. The van der Waals surface area contributed by atoms with Gasteiger partial charge in [-0.1, -0.05) is 11.8 Å². The topological polar surface area (TPSA) is 88.0 Å². The molecule has 0 saturated heterocycles. The van der Waals surface area contributed by atoms with Crippen molar-refractivity contribution < 1.29 is 9.21 Å². The van der Waals surface area contributed by atoms with Crippen molar-refractivity contribution in [3.63, 3.8) is 0 Å². The Bertz CT molecular complexity index is 688. The predicted molar refractivity (Wildman–Crippen MR) is 64.8 cm³/mol. The van der Waals surface area contributed by atoms with E-state index >= 15 is 0 Å². The van der Waals surface area contributed by atoms with Crippen molar-refractivity contribution in [3.8, 4) is 11.8 Å². The van der Waals surface area contributed by atoms with E-state index in [9.17, 15) is 9.59 Å². The monoisotopic (exact) mass is 245 g/mol. The van der Waals surface area contributed by atoms with Crippen LogP contribution in [0, 0.1) is 11.8 Å². The summed E-state index contributed by atoms with van der Waals surface area (Å²) in [6, 6.07) is 1.64. The molecule has 0 saturated carbocycles. The Labute approximate surface area is 102 Å². The minimum atomic E-state index is -0.534. The smallest absolute Gasteiger partial charge is 0.406 e. The summed E-state index contributed by atoms with van der Waals surface area (Å²) < 4.78 is 4.87. The summed E-state index contributed by atoms with van der Waals surface area (Å²) >= 11 is 0. The van der Waals surface area contributed by atoms with Crippen LogP contribution in [0.2, 0.25) is 0 Å². The molecule has 6 heteroatoms. The van der Waals surface area contributed by atoms with Crippen molar-refractivity contribution in [3.05, 3.63) is 28.4 Å². The zero-order chi connectivity index (χ0) is 13.0. The Balaban J connectivity index is 2.05. The van der Waals surface area contributed by atoms with Gasteiger partial charge in [0.25, 0.3) is 0 Å².